The number of ether oxygens (including phenoxy) is 2. The Morgan fingerprint density at radius 2 is 2.19 bits per heavy atom. The number of carboxylic acids is 1. The summed E-state index contributed by atoms with van der Waals surface area (Å²) < 4.78 is 10.5. The largest absolute Gasteiger partial charge is 0.489 e. The molecule has 0 saturated heterocycles. The van der Waals surface area contributed by atoms with Crippen molar-refractivity contribution in [2.24, 2.45) is 0 Å². The Bertz CT molecular complexity index is 395. The third kappa shape index (κ3) is 2.86. The van der Waals surface area contributed by atoms with Crippen molar-refractivity contribution in [1.82, 2.24) is 0 Å². The smallest absolute Gasteiger partial charge is 0.339 e. The number of hydrogen-bond donors (Lipinski definition) is 2. The van der Waals surface area contributed by atoms with E-state index in [9.17, 15) is 4.79 Å². The fourth-order valence-electron chi connectivity index (χ4n) is 1.15. The van der Waals surface area contributed by atoms with Crippen LogP contribution in [0.5, 0.6) is 5.75 Å². The average molecular weight is 290 g/mol. The molecule has 0 heterocycles. The van der Waals surface area contributed by atoms with Gasteiger partial charge >= 0.3 is 5.97 Å². The van der Waals surface area contributed by atoms with Gasteiger partial charge in [-0.25, -0.2) is 4.79 Å². The van der Waals surface area contributed by atoms with E-state index in [2.05, 4.69) is 15.9 Å². The lowest BCUT2D eigenvalue weighted by atomic mass is 10.1. The molecule has 0 aliphatic heterocycles. The van der Waals surface area contributed by atoms with E-state index < -0.39 is 5.97 Å². The first-order chi connectivity index (χ1) is 7.57. The highest BCUT2D eigenvalue weighted by Crippen LogP contribution is 2.31. The highest BCUT2D eigenvalue weighted by Gasteiger charge is 2.16. The summed E-state index contributed by atoms with van der Waals surface area (Å²) in [4.78, 5) is 10.9. The zero-order valence-electron chi connectivity index (χ0n) is 8.70. The van der Waals surface area contributed by atoms with Gasteiger partial charge in [-0.15, -0.1) is 0 Å². The van der Waals surface area contributed by atoms with E-state index in [-0.39, 0.29) is 11.3 Å². The number of hydrogen-bond acceptors (Lipinski definition) is 4. The molecule has 0 bridgehead atoms. The van der Waals surface area contributed by atoms with E-state index in [4.69, 9.17) is 20.3 Å². The summed E-state index contributed by atoms with van der Waals surface area (Å²) in [5, 5.41) is 8.95. The Morgan fingerprint density at radius 3 is 2.75 bits per heavy atom. The van der Waals surface area contributed by atoms with Gasteiger partial charge in [-0.3, -0.25) is 0 Å². The van der Waals surface area contributed by atoms with Gasteiger partial charge in [-0.2, -0.15) is 0 Å². The van der Waals surface area contributed by atoms with Crippen molar-refractivity contribution in [3.05, 3.63) is 22.2 Å². The molecule has 5 nitrogen and oxygen atoms in total. The monoisotopic (exact) mass is 289 g/mol. The minimum absolute atomic E-state index is 0.00918. The molecule has 0 radical (unpaired) electrons. The van der Waals surface area contributed by atoms with Crippen LogP contribution < -0.4 is 10.5 Å². The number of carboxylic acid groups (broad SMARTS) is 1. The predicted molar refractivity (Wildman–Crippen MR) is 62.9 cm³/mol. The van der Waals surface area contributed by atoms with Crippen LogP contribution in [0.4, 0.5) is 5.69 Å². The average Bonchev–Trinajstić information content (AvgIpc) is 2.21. The Kier molecular flexibility index (Phi) is 4.57. The molecule has 0 spiro atoms. The van der Waals surface area contributed by atoms with Crippen molar-refractivity contribution >= 4 is 27.6 Å². The molecule has 0 atom stereocenters. The van der Waals surface area contributed by atoms with Crippen LogP contribution in [0.1, 0.15) is 10.4 Å². The number of benzene rings is 1. The van der Waals surface area contributed by atoms with Crippen LogP contribution >= 0.6 is 15.9 Å². The summed E-state index contributed by atoms with van der Waals surface area (Å²) in [6, 6.07) is 3.20. The first-order valence-corrected chi connectivity index (χ1v) is 5.30. The molecule has 0 unspecified atom stereocenters. The number of methoxy groups -OCH3 is 1. The van der Waals surface area contributed by atoms with Crippen LogP contribution in [-0.2, 0) is 4.74 Å². The predicted octanol–water partition coefficient (Wildman–Crippen LogP) is 1.75. The van der Waals surface area contributed by atoms with Crippen molar-refractivity contribution in [1.29, 1.82) is 0 Å². The molecule has 3 N–H and O–H groups in total. The Balaban J connectivity index is 2.95. The normalized spacial score (nSPS) is 10.1. The Morgan fingerprint density at radius 1 is 1.50 bits per heavy atom. The van der Waals surface area contributed by atoms with Crippen LogP contribution in [0, 0.1) is 0 Å². The molecule has 0 fully saturated rings. The van der Waals surface area contributed by atoms with Gasteiger partial charge in [0.05, 0.1) is 12.3 Å². The molecule has 0 aliphatic rings. The molecule has 0 amide bonds. The van der Waals surface area contributed by atoms with Crippen LogP contribution in [0.3, 0.4) is 0 Å². The zero-order valence-corrected chi connectivity index (χ0v) is 10.3. The fourth-order valence-corrected chi connectivity index (χ4v) is 1.67. The second-order valence-electron chi connectivity index (χ2n) is 2.98. The summed E-state index contributed by atoms with van der Waals surface area (Å²) in [6.07, 6.45) is 0. The lowest BCUT2D eigenvalue weighted by Gasteiger charge is -2.11. The van der Waals surface area contributed by atoms with E-state index in [1.54, 1.807) is 19.2 Å². The van der Waals surface area contributed by atoms with Gasteiger partial charge < -0.3 is 20.3 Å². The minimum Gasteiger partial charge on any atom is -0.489 e. The third-order valence-corrected chi connectivity index (χ3v) is 2.57. The molecule has 0 aliphatic carbocycles. The van der Waals surface area contributed by atoms with Gasteiger partial charge in [0, 0.05) is 11.6 Å². The van der Waals surface area contributed by atoms with Gasteiger partial charge in [0.1, 0.15) is 17.9 Å². The minimum atomic E-state index is -1.10. The van der Waals surface area contributed by atoms with Crippen molar-refractivity contribution in [3.63, 3.8) is 0 Å². The topological polar surface area (TPSA) is 81.8 Å². The zero-order chi connectivity index (χ0) is 12.1. The molecule has 88 valence electrons. The number of halogens is 1. The second kappa shape index (κ2) is 5.72. The standard InChI is InChI=1S/C10H12BrNO4/c1-15-4-5-16-7-3-2-6(11)8(9(7)12)10(13)14/h2-3H,4-5,12H2,1H3,(H,13,14). The van der Waals surface area contributed by atoms with Crippen molar-refractivity contribution < 1.29 is 19.4 Å². The van der Waals surface area contributed by atoms with Crippen molar-refractivity contribution in [3.8, 4) is 5.75 Å². The summed E-state index contributed by atoms with van der Waals surface area (Å²) in [7, 11) is 1.55. The van der Waals surface area contributed by atoms with Crippen molar-refractivity contribution in [2.45, 2.75) is 0 Å². The summed E-state index contributed by atoms with van der Waals surface area (Å²) in [5.74, 6) is -0.751. The molecule has 1 rings (SSSR count). The quantitative estimate of drug-likeness (QED) is 0.638. The molecule has 1 aromatic rings. The highest BCUT2D eigenvalue weighted by molar-refractivity contribution is 9.10. The van der Waals surface area contributed by atoms with E-state index >= 15 is 0 Å². The first kappa shape index (κ1) is 12.8. The number of rotatable bonds is 5. The molecular weight excluding hydrogens is 278 g/mol. The summed E-state index contributed by atoms with van der Waals surface area (Å²) in [6.45, 7) is 0.735. The SMILES string of the molecule is COCCOc1ccc(Br)c(C(=O)O)c1N. The van der Waals surface area contributed by atoms with Crippen molar-refractivity contribution in [2.75, 3.05) is 26.1 Å². The third-order valence-electron chi connectivity index (χ3n) is 1.91. The van der Waals surface area contributed by atoms with Crippen LogP contribution in [0.2, 0.25) is 0 Å². The van der Waals surface area contributed by atoms with E-state index in [0.29, 0.717) is 23.4 Å². The lowest BCUT2D eigenvalue weighted by molar-refractivity contribution is 0.0696. The van der Waals surface area contributed by atoms with E-state index in [1.807, 2.05) is 0 Å². The van der Waals surface area contributed by atoms with Gasteiger partial charge in [-0.05, 0) is 28.1 Å². The maximum atomic E-state index is 10.9. The molecule has 0 aromatic heterocycles. The molecule has 0 saturated carbocycles. The molecule has 1 aromatic carbocycles. The number of nitrogen functional groups attached to an aromatic ring is 1. The van der Waals surface area contributed by atoms with Gasteiger partial charge in [-0.1, -0.05) is 0 Å². The molecular formula is C10H12BrNO4. The van der Waals surface area contributed by atoms with Gasteiger partial charge in [0.25, 0.3) is 0 Å². The van der Waals surface area contributed by atoms with E-state index in [0.717, 1.165) is 0 Å². The highest BCUT2D eigenvalue weighted by atomic mass is 79.9. The van der Waals surface area contributed by atoms with Crippen LogP contribution in [0.25, 0.3) is 0 Å². The number of anilines is 1. The van der Waals surface area contributed by atoms with E-state index in [1.165, 1.54) is 0 Å². The summed E-state index contributed by atoms with van der Waals surface area (Å²) in [5.41, 5.74) is 5.81. The maximum absolute atomic E-state index is 10.9. The Hall–Kier alpha value is -1.27. The maximum Gasteiger partial charge on any atom is 0.339 e. The second-order valence-corrected chi connectivity index (χ2v) is 3.83. The van der Waals surface area contributed by atoms with Gasteiger partial charge in [0.2, 0.25) is 0 Å². The van der Waals surface area contributed by atoms with Gasteiger partial charge in [0.15, 0.2) is 0 Å². The lowest BCUT2D eigenvalue weighted by Crippen LogP contribution is -2.09. The summed E-state index contributed by atoms with van der Waals surface area (Å²) >= 11 is 3.12. The number of carbonyl (C=O) groups is 1. The Labute approximate surface area is 101 Å². The number of aromatic carboxylic acids is 1. The van der Waals surface area contributed by atoms with Crippen LogP contribution in [-0.4, -0.2) is 31.4 Å². The molecule has 6 heteroatoms. The number of nitrogens with two attached hydrogens (primary N) is 1. The van der Waals surface area contributed by atoms with Crippen LogP contribution in [0.15, 0.2) is 16.6 Å². The first-order valence-electron chi connectivity index (χ1n) is 4.51. The fraction of sp³-hybridized carbons (Fsp3) is 0.300. The molecule has 16 heavy (non-hydrogen) atoms.